The Labute approximate surface area is 109 Å². The molecule has 0 N–H and O–H groups in total. The Morgan fingerprint density at radius 1 is 1.37 bits per heavy atom. The first-order valence-electron chi connectivity index (χ1n) is 6.15. The van der Waals surface area contributed by atoms with E-state index < -0.39 is 24.2 Å². The van der Waals surface area contributed by atoms with Gasteiger partial charge in [0.15, 0.2) is 0 Å². The summed E-state index contributed by atoms with van der Waals surface area (Å²) in [6.45, 7) is 1.51. The number of halogens is 2. The molecule has 1 heterocycles. The number of hydrogen-bond donors (Lipinski definition) is 0. The largest absolute Gasteiger partial charge is 0.298 e. The Morgan fingerprint density at radius 3 is 2.58 bits per heavy atom. The van der Waals surface area contributed by atoms with Crippen LogP contribution in [0.15, 0.2) is 21.8 Å². The third kappa shape index (κ3) is 2.83. The standard InChI is InChI=1S/C13H14F2N2O2/c1-8-10(5-6-18)17-11(12(19)16-8)7-13(14,15)9-3-2-4-9/h5-6,9H,2-4,7H2,1H3. The molecular weight excluding hydrogens is 254 g/mol. The van der Waals surface area contributed by atoms with Crippen LogP contribution in [-0.4, -0.2) is 29.5 Å². The van der Waals surface area contributed by atoms with E-state index in [9.17, 15) is 18.4 Å². The smallest absolute Gasteiger partial charge is 0.291 e. The van der Waals surface area contributed by atoms with Gasteiger partial charge in [0, 0.05) is 12.0 Å². The van der Waals surface area contributed by atoms with Gasteiger partial charge in [-0.2, -0.15) is 0 Å². The van der Waals surface area contributed by atoms with Crippen LogP contribution >= 0.6 is 0 Å². The molecular formula is C13H14F2N2O2. The number of carbonyl (C=O) groups is 2. The van der Waals surface area contributed by atoms with Gasteiger partial charge in [-0.25, -0.2) is 18.8 Å². The van der Waals surface area contributed by atoms with Crippen LogP contribution in [0.2, 0.25) is 0 Å². The fraction of sp³-hybridized carbons (Fsp3) is 0.538. The zero-order valence-corrected chi connectivity index (χ0v) is 10.5. The summed E-state index contributed by atoms with van der Waals surface area (Å²) in [7, 11) is 0. The summed E-state index contributed by atoms with van der Waals surface area (Å²) in [5.41, 5.74) is 0.178. The number of amides is 1. The second kappa shape index (κ2) is 5.11. The normalized spacial score (nSPS) is 22.9. The number of aliphatic imine (C=N–C) groups is 2. The lowest BCUT2D eigenvalue weighted by Crippen LogP contribution is -2.37. The molecule has 19 heavy (non-hydrogen) atoms. The first-order chi connectivity index (χ1) is 8.94. The zero-order chi connectivity index (χ0) is 14.0. The van der Waals surface area contributed by atoms with E-state index in [0.29, 0.717) is 19.1 Å². The van der Waals surface area contributed by atoms with Crippen LogP contribution < -0.4 is 0 Å². The lowest BCUT2D eigenvalue weighted by molar-refractivity contribution is -0.113. The Balaban J connectivity index is 2.19. The summed E-state index contributed by atoms with van der Waals surface area (Å²) in [4.78, 5) is 29.5. The molecule has 0 bridgehead atoms. The molecule has 2 rings (SSSR count). The first kappa shape index (κ1) is 13.7. The molecule has 2 aliphatic rings. The average molecular weight is 268 g/mol. The molecule has 0 saturated heterocycles. The third-order valence-electron chi connectivity index (χ3n) is 3.47. The van der Waals surface area contributed by atoms with Gasteiger partial charge >= 0.3 is 0 Å². The van der Waals surface area contributed by atoms with Crippen molar-refractivity contribution in [2.24, 2.45) is 15.9 Å². The molecule has 0 atom stereocenters. The van der Waals surface area contributed by atoms with E-state index in [2.05, 4.69) is 9.98 Å². The van der Waals surface area contributed by atoms with Crippen molar-refractivity contribution in [1.82, 2.24) is 0 Å². The quantitative estimate of drug-likeness (QED) is 0.580. The lowest BCUT2D eigenvalue weighted by atomic mass is 9.78. The van der Waals surface area contributed by atoms with Crippen molar-refractivity contribution in [3.8, 4) is 0 Å². The summed E-state index contributed by atoms with van der Waals surface area (Å²) >= 11 is 0. The van der Waals surface area contributed by atoms with Crippen molar-refractivity contribution < 1.29 is 18.4 Å². The Morgan fingerprint density at radius 2 is 2.05 bits per heavy atom. The average Bonchev–Trinajstić information content (AvgIpc) is 2.21. The van der Waals surface area contributed by atoms with Crippen molar-refractivity contribution in [2.75, 3.05) is 0 Å². The number of carbonyl (C=O) groups excluding carboxylic acids is 2. The molecule has 4 nitrogen and oxygen atoms in total. The number of hydrogen-bond acceptors (Lipinski definition) is 3. The monoisotopic (exact) mass is 268 g/mol. The van der Waals surface area contributed by atoms with Gasteiger partial charge in [0.1, 0.15) is 12.0 Å². The summed E-state index contributed by atoms with van der Waals surface area (Å²) in [5.74, 6) is -4.34. The van der Waals surface area contributed by atoms with Crippen molar-refractivity contribution in [3.63, 3.8) is 0 Å². The second-order valence-corrected chi connectivity index (χ2v) is 4.81. The van der Waals surface area contributed by atoms with Crippen LogP contribution in [0.5, 0.6) is 0 Å². The van der Waals surface area contributed by atoms with Crippen LogP contribution in [0.3, 0.4) is 0 Å². The molecule has 1 saturated carbocycles. The van der Waals surface area contributed by atoms with E-state index in [1.807, 2.05) is 0 Å². The van der Waals surface area contributed by atoms with E-state index in [-0.39, 0.29) is 17.1 Å². The predicted octanol–water partition coefficient (Wildman–Crippen LogP) is 2.34. The van der Waals surface area contributed by atoms with Crippen LogP contribution in [0.25, 0.3) is 0 Å². The molecule has 1 aliphatic carbocycles. The highest BCUT2D eigenvalue weighted by Crippen LogP contribution is 2.42. The molecule has 1 amide bonds. The zero-order valence-electron chi connectivity index (χ0n) is 10.5. The topological polar surface area (TPSA) is 58.9 Å². The highest BCUT2D eigenvalue weighted by atomic mass is 19.3. The number of aldehydes is 1. The molecule has 102 valence electrons. The number of allylic oxidation sites excluding steroid dienone is 2. The minimum absolute atomic E-state index is 0.175. The van der Waals surface area contributed by atoms with Crippen LogP contribution in [0.1, 0.15) is 32.6 Å². The second-order valence-electron chi connectivity index (χ2n) is 4.81. The molecule has 0 aromatic heterocycles. The Bertz CT molecular complexity index is 503. The van der Waals surface area contributed by atoms with Gasteiger partial charge in [-0.3, -0.25) is 9.59 Å². The molecule has 6 heteroatoms. The van der Waals surface area contributed by atoms with Gasteiger partial charge in [0.25, 0.3) is 11.8 Å². The maximum absolute atomic E-state index is 13.9. The highest BCUT2D eigenvalue weighted by molar-refractivity contribution is 6.43. The van der Waals surface area contributed by atoms with Crippen molar-refractivity contribution >= 4 is 23.6 Å². The van der Waals surface area contributed by atoms with Gasteiger partial charge in [-0.15, -0.1) is 0 Å². The maximum atomic E-state index is 13.9. The number of rotatable bonds is 4. The first-order valence-corrected chi connectivity index (χ1v) is 6.15. The minimum atomic E-state index is -2.93. The molecule has 0 aromatic carbocycles. The van der Waals surface area contributed by atoms with Crippen molar-refractivity contribution in [3.05, 3.63) is 11.8 Å². The molecule has 0 radical (unpaired) electrons. The Kier molecular flexibility index (Phi) is 3.68. The van der Waals surface area contributed by atoms with Crippen molar-refractivity contribution in [2.45, 2.75) is 38.5 Å². The number of alkyl halides is 2. The summed E-state index contributed by atoms with van der Waals surface area (Å²) < 4.78 is 27.7. The van der Waals surface area contributed by atoms with E-state index in [1.54, 1.807) is 0 Å². The summed E-state index contributed by atoms with van der Waals surface area (Å²) in [5, 5.41) is 0. The SMILES string of the molecule is CC1=NC(=O)C(CC(F)(F)C2CCC2)=NC1=CC=O. The minimum Gasteiger partial charge on any atom is -0.298 e. The molecule has 1 aliphatic heterocycles. The van der Waals surface area contributed by atoms with Gasteiger partial charge in [-0.1, -0.05) is 6.42 Å². The van der Waals surface area contributed by atoms with E-state index in [0.717, 1.165) is 12.5 Å². The van der Waals surface area contributed by atoms with Gasteiger partial charge in [0.2, 0.25) is 0 Å². The van der Waals surface area contributed by atoms with Crippen molar-refractivity contribution in [1.29, 1.82) is 0 Å². The van der Waals surface area contributed by atoms with E-state index >= 15 is 0 Å². The molecule has 1 fully saturated rings. The molecule has 0 unspecified atom stereocenters. The van der Waals surface area contributed by atoms with Crippen LogP contribution in [-0.2, 0) is 9.59 Å². The van der Waals surface area contributed by atoms with E-state index in [1.165, 1.54) is 6.92 Å². The summed E-state index contributed by atoms with van der Waals surface area (Å²) in [6, 6.07) is 0. The van der Waals surface area contributed by atoms with Gasteiger partial charge < -0.3 is 0 Å². The fourth-order valence-electron chi connectivity index (χ4n) is 2.08. The van der Waals surface area contributed by atoms with E-state index in [4.69, 9.17) is 0 Å². The summed E-state index contributed by atoms with van der Waals surface area (Å²) in [6.07, 6.45) is 2.67. The lowest BCUT2D eigenvalue weighted by Gasteiger charge is -2.33. The van der Waals surface area contributed by atoms with Gasteiger partial charge in [0.05, 0.1) is 17.8 Å². The van der Waals surface area contributed by atoms with Gasteiger partial charge in [-0.05, 0) is 19.8 Å². The highest BCUT2D eigenvalue weighted by Gasteiger charge is 2.44. The Hall–Kier alpha value is -1.72. The molecule has 0 spiro atoms. The maximum Gasteiger partial charge on any atom is 0.291 e. The van der Waals surface area contributed by atoms with Crippen LogP contribution in [0, 0.1) is 5.92 Å². The third-order valence-corrected chi connectivity index (χ3v) is 3.47. The molecule has 0 aromatic rings. The fourth-order valence-corrected chi connectivity index (χ4v) is 2.08. The van der Waals surface area contributed by atoms with Crippen LogP contribution in [0.4, 0.5) is 8.78 Å². The number of nitrogens with zero attached hydrogens (tertiary/aromatic N) is 2. The predicted molar refractivity (Wildman–Crippen MR) is 66.6 cm³/mol.